The fraction of sp³-hybridized carbons (Fsp3) is 0.226. The summed E-state index contributed by atoms with van der Waals surface area (Å²) in [6.45, 7) is 3.02. The summed E-state index contributed by atoms with van der Waals surface area (Å²) in [5, 5.41) is 14.2. The molecule has 9 nitrogen and oxygen atoms in total. The van der Waals surface area contributed by atoms with Crippen LogP contribution in [0.2, 0.25) is 0 Å². The number of morpholine rings is 1. The Hall–Kier alpha value is -4.54. The quantitative estimate of drug-likeness (QED) is 0.276. The van der Waals surface area contributed by atoms with Crippen molar-refractivity contribution in [3.63, 3.8) is 0 Å². The third-order valence-corrected chi connectivity index (χ3v) is 7.64. The van der Waals surface area contributed by atoms with Gasteiger partial charge in [0.05, 0.1) is 41.4 Å². The molecule has 0 bridgehead atoms. The maximum atomic E-state index is 13.2. The van der Waals surface area contributed by atoms with E-state index < -0.39 is 5.97 Å². The zero-order chi connectivity index (χ0) is 28.6. The number of nitrogens with zero attached hydrogens (tertiary/aromatic N) is 3. The number of rotatable bonds is 10. The Morgan fingerprint density at radius 3 is 2.56 bits per heavy atom. The predicted octanol–water partition coefficient (Wildman–Crippen LogP) is 5.02. The van der Waals surface area contributed by atoms with E-state index in [2.05, 4.69) is 15.2 Å². The number of aliphatic carboxylic acids is 1. The van der Waals surface area contributed by atoms with Crippen LogP contribution in [0.5, 0.6) is 0 Å². The first-order chi connectivity index (χ1) is 20.0. The Kier molecular flexibility index (Phi) is 9.02. The minimum Gasteiger partial charge on any atom is -0.481 e. The van der Waals surface area contributed by atoms with E-state index in [0.717, 1.165) is 35.5 Å². The molecule has 1 aliphatic heterocycles. The van der Waals surface area contributed by atoms with E-state index in [1.807, 2.05) is 53.9 Å². The highest BCUT2D eigenvalue weighted by Gasteiger charge is 2.20. The van der Waals surface area contributed by atoms with Crippen LogP contribution in [-0.4, -0.2) is 65.6 Å². The molecular formula is C31H30N4O5S. The molecule has 2 aromatic heterocycles. The van der Waals surface area contributed by atoms with Crippen LogP contribution in [-0.2, 0) is 16.1 Å². The molecule has 1 saturated heterocycles. The number of carbonyl (C=O) groups excluding carboxylic acids is 2. The minimum atomic E-state index is -0.972. The van der Waals surface area contributed by atoms with Gasteiger partial charge >= 0.3 is 5.97 Å². The molecule has 1 aliphatic rings. The molecule has 0 radical (unpaired) electrons. The molecule has 0 saturated carbocycles. The average molecular weight is 571 g/mol. The van der Waals surface area contributed by atoms with Crippen LogP contribution in [0.3, 0.4) is 0 Å². The van der Waals surface area contributed by atoms with Crippen LogP contribution in [0.4, 0.5) is 11.4 Å². The Bertz CT molecular complexity index is 1500. The number of thiophene rings is 1. The third-order valence-electron chi connectivity index (χ3n) is 6.77. The van der Waals surface area contributed by atoms with Crippen LogP contribution in [0.15, 0.2) is 84.5 Å². The van der Waals surface area contributed by atoms with Gasteiger partial charge in [-0.2, -0.15) is 0 Å². The van der Waals surface area contributed by atoms with Crippen LogP contribution in [0.25, 0.3) is 11.1 Å². The van der Waals surface area contributed by atoms with Crippen LogP contribution in [0.1, 0.15) is 32.0 Å². The smallest absolute Gasteiger partial charge is 0.305 e. The van der Waals surface area contributed by atoms with Gasteiger partial charge < -0.3 is 25.0 Å². The monoisotopic (exact) mass is 570 g/mol. The van der Waals surface area contributed by atoms with Crippen molar-refractivity contribution in [3.8, 4) is 11.1 Å². The minimum absolute atomic E-state index is 0.0699. The lowest BCUT2D eigenvalue weighted by Gasteiger charge is -2.31. The highest BCUT2D eigenvalue weighted by molar-refractivity contribution is 7.12. The van der Waals surface area contributed by atoms with Crippen molar-refractivity contribution in [2.24, 2.45) is 0 Å². The zero-order valence-electron chi connectivity index (χ0n) is 22.4. The number of carboxylic acids is 1. The fourth-order valence-electron chi connectivity index (χ4n) is 4.71. The number of benzene rings is 2. The molecule has 3 heterocycles. The lowest BCUT2D eigenvalue weighted by molar-refractivity contribution is -0.137. The van der Waals surface area contributed by atoms with Gasteiger partial charge in [0.2, 0.25) is 0 Å². The third kappa shape index (κ3) is 7.16. The van der Waals surface area contributed by atoms with Crippen molar-refractivity contribution in [2.45, 2.75) is 13.0 Å². The Balaban J connectivity index is 1.43. The number of carbonyl (C=O) groups is 3. The number of anilines is 2. The van der Waals surface area contributed by atoms with Crippen molar-refractivity contribution in [1.29, 1.82) is 0 Å². The highest BCUT2D eigenvalue weighted by atomic mass is 32.1. The van der Waals surface area contributed by atoms with Crippen LogP contribution < -0.4 is 10.2 Å². The average Bonchev–Trinajstić information content (AvgIpc) is 3.55. The van der Waals surface area contributed by atoms with Gasteiger partial charge in [0.15, 0.2) is 0 Å². The molecule has 2 amide bonds. The molecule has 10 heteroatoms. The van der Waals surface area contributed by atoms with E-state index >= 15 is 0 Å². The number of ether oxygens (including phenoxy) is 1. The highest BCUT2D eigenvalue weighted by Crippen LogP contribution is 2.33. The zero-order valence-corrected chi connectivity index (χ0v) is 23.2. The largest absolute Gasteiger partial charge is 0.481 e. The fourth-order valence-corrected chi connectivity index (χ4v) is 5.33. The van der Waals surface area contributed by atoms with Gasteiger partial charge in [0, 0.05) is 38.6 Å². The van der Waals surface area contributed by atoms with Crippen molar-refractivity contribution >= 4 is 40.5 Å². The lowest BCUT2D eigenvalue weighted by atomic mass is 10.0. The maximum absolute atomic E-state index is 13.2. The molecule has 4 aromatic rings. The first-order valence-electron chi connectivity index (χ1n) is 13.3. The second kappa shape index (κ2) is 13.2. The van der Waals surface area contributed by atoms with Crippen molar-refractivity contribution in [2.75, 3.05) is 43.1 Å². The molecule has 1 fully saturated rings. The summed E-state index contributed by atoms with van der Waals surface area (Å²) in [5.41, 5.74) is 4.71. The summed E-state index contributed by atoms with van der Waals surface area (Å²) < 4.78 is 5.52. The Labute approximate surface area is 242 Å². The first kappa shape index (κ1) is 28.0. The summed E-state index contributed by atoms with van der Waals surface area (Å²) in [5.74, 6) is -1.41. The number of hydrogen-bond donors (Lipinski definition) is 2. The predicted molar refractivity (Wildman–Crippen MR) is 158 cm³/mol. The number of carboxylic acid groups (broad SMARTS) is 1. The number of aromatic nitrogens is 1. The maximum Gasteiger partial charge on any atom is 0.305 e. The molecule has 210 valence electrons. The van der Waals surface area contributed by atoms with E-state index in [0.29, 0.717) is 29.3 Å². The SMILES string of the molecule is O=C(O)CCN(Cc1cccc(-c2ccc(N3CCOCC3)c(NC(=O)c3cccs3)c2)c1)C(=O)c1cccnc1. The van der Waals surface area contributed by atoms with E-state index in [1.54, 1.807) is 24.4 Å². The second-order valence-corrected chi connectivity index (χ2v) is 10.5. The summed E-state index contributed by atoms with van der Waals surface area (Å²) in [6, 6.07) is 20.8. The second-order valence-electron chi connectivity index (χ2n) is 9.58. The molecule has 0 unspecified atom stereocenters. The molecule has 5 rings (SSSR count). The van der Waals surface area contributed by atoms with E-state index in [1.165, 1.54) is 22.4 Å². The lowest BCUT2D eigenvalue weighted by Crippen LogP contribution is -2.36. The molecule has 2 aromatic carbocycles. The van der Waals surface area contributed by atoms with Crippen LogP contribution in [0, 0.1) is 0 Å². The van der Waals surface area contributed by atoms with Gasteiger partial charge in [-0.15, -0.1) is 11.3 Å². The molecule has 0 atom stereocenters. The van der Waals surface area contributed by atoms with E-state index in [9.17, 15) is 19.5 Å². The topological polar surface area (TPSA) is 112 Å². The molecule has 0 aliphatic carbocycles. The molecule has 0 spiro atoms. The number of pyridine rings is 1. The molecular weight excluding hydrogens is 540 g/mol. The van der Waals surface area contributed by atoms with Gasteiger partial charge in [-0.05, 0) is 58.5 Å². The van der Waals surface area contributed by atoms with Gasteiger partial charge in [-0.3, -0.25) is 19.4 Å². The summed E-state index contributed by atoms with van der Waals surface area (Å²) in [4.78, 5) is 45.9. The summed E-state index contributed by atoms with van der Waals surface area (Å²) >= 11 is 1.39. The summed E-state index contributed by atoms with van der Waals surface area (Å²) in [6.07, 6.45) is 2.90. The first-order valence-corrected chi connectivity index (χ1v) is 14.2. The number of amides is 2. The van der Waals surface area contributed by atoms with Gasteiger partial charge in [-0.25, -0.2) is 0 Å². The van der Waals surface area contributed by atoms with Crippen molar-refractivity contribution in [3.05, 3.63) is 101 Å². The summed E-state index contributed by atoms with van der Waals surface area (Å²) in [7, 11) is 0. The van der Waals surface area contributed by atoms with Crippen molar-refractivity contribution < 1.29 is 24.2 Å². The van der Waals surface area contributed by atoms with Crippen LogP contribution >= 0.6 is 11.3 Å². The van der Waals surface area contributed by atoms with Gasteiger partial charge in [0.25, 0.3) is 11.8 Å². The van der Waals surface area contributed by atoms with Gasteiger partial charge in [0.1, 0.15) is 0 Å². The van der Waals surface area contributed by atoms with Gasteiger partial charge in [-0.1, -0.05) is 30.3 Å². The number of hydrogen-bond acceptors (Lipinski definition) is 7. The number of nitrogens with one attached hydrogen (secondary N) is 1. The molecule has 41 heavy (non-hydrogen) atoms. The normalized spacial score (nSPS) is 13.0. The Morgan fingerprint density at radius 2 is 1.83 bits per heavy atom. The van der Waals surface area contributed by atoms with E-state index in [4.69, 9.17) is 4.74 Å². The Morgan fingerprint density at radius 1 is 1.00 bits per heavy atom. The van der Waals surface area contributed by atoms with E-state index in [-0.39, 0.29) is 31.3 Å². The van der Waals surface area contributed by atoms with Crippen molar-refractivity contribution in [1.82, 2.24) is 9.88 Å². The standard InChI is InChI=1S/C31H30N4O5S/c36-29(37)10-12-35(31(39)25-6-2-11-32-20-25)21-22-4-1-5-23(18-22)24-8-9-27(34-13-15-40-16-14-34)26(19-24)33-30(38)28-7-3-17-41-28/h1-9,11,17-20H,10,12-16,21H2,(H,33,38)(H,36,37). The molecule has 2 N–H and O–H groups in total.